The zero-order valence-electron chi connectivity index (χ0n) is 14.1. The van der Waals surface area contributed by atoms with Gasteiger partial charge in [0.25, 0.3) is 5.91 Å². The first-order valence-corrected chi connectivity index (χ1v) is 10.6. The van der Waals surface area contributed by atoms with Crippen molar-refractivity contribution in [3.05, 3.63) is 52.2 Å². The number of benzene rings is 1. The highest BCUT2D eigenvalue weighted by molar-refractivity contribution is 7.98. The molecule has 1 amide bonds. The lowest BCUT2D eigenvalue weighted by atomic mass is 10.2. The number of carbonyl (C=O) groups excluding carboxylic acids is 1. The Bertz CT molecular complexity index is 654. The number of rotatable bonds is 9. The smallest absolute Gasteiger partial charge is 0.255 e. The molecule has 1 aromatic heterocycles. The van der Waals surface area contributed by atoms with Crippen LogP contribution >= 0.6 is 23.1 Å². The minimum atomic E-state index is -0.0842. The van der Waals surface area contributed by atoms with E-state index in [1.165, 1.54) is 5.56 Å². The average molecular weight is 378 g/mol. The molecule has 0 spiro atoms. The standard InChI is InChI=1S/C19H23NO3S2/c21-19(20-8-11-25-14-15-7-10-24-13-15)17-5-1-2-6-18(17)23-12-16-4-3-9-22-16/h1-2,5-7,10,13,16H,3-4,8-9,11-12,14H2,(H,20,21). The number of hydrogen-bond donors (Lipinski definition) is 1. The Kier molecular flexibility index (Phi) is 7.21. The maximum absolute atomic E-state index is 12.4. The number of hydrogen-bond acceptors (Lipinski definition) is 5. The Labute approximate surface area is 156 Å². The first-order valence-electron chi connectivity index (χ1n) is 8.53. The summed E-state index contributed by atoms with van der Waals surface area (Å²) in [5.74, 6) is 2.42. The van der Waals surface area contributed by atoms with Gasteiger partial charge >= 0.3 is 0 Å². The monoisotopic (exact) mass is 377 g/mol. The lowest BCUT2D eigenvalue weighted by Gasteiger charge is -2.14. The summed E-state index contributed by atoms with van der Waals surface area (Å²) in [6.07, 6.45) is 2.25. The van der Waals surface area contributed by atoms with E-state index >= 15 is 0 Å². The van der Waals surface area contributed by atoms with Gasteiger partial charge in [0.2, 0.25) is 0 Å². The third kappa shape index (κ3) is 5.76. The van der Waals surface area contributed by atoms with E-state index in [-0.39, 0.29) is 12.0 Å². The maximum atomic E-state index is 12.4. The molecule has 4 nitrogen and oxygen atoms in total. The molecule has 0 radical (unpaired) electrons. The van der Waals surface area contributed by atoms with Gasteiger partial charge in [0.05, 0.1) is 11.7 Å². The summed E-state index contributed by atoms with van der Waals surface area (Å²) < 4.78 is 11.4. The van der Waals surface area contributed by atoms with Gasteiger partial charge in [-0.25, -0.2) is 0 Å². The minimum absolute atomic E-state index is 0.0842. The molecule has 1 atom stereocenters. The summed E-state index contributed by atoms with van der Waals surface area (Å²) in [4.78, 5) is 12.4. The average Bonchev–Trinajstić information content (AvgIpc) is 3.33. The van der Waals surface area contributed by atoms with Crippen LogP contribution in [0.25, 0.3) is 0 Å². The summed E-state index contributed by atoms with van der Waals surface area (Å²) in [6, 6.07) is 9.53. The van der Waals surface area contributed by atoms with Crippen LogP contribution in [0.5, 0.6) is 5.75 Å². The van der Waals surface area contributed by atoms with Crippen LogP contribution in [-0.4, -0.2) is 37.5 Å². The van der Waals surface area contributed by atoms with Crippen molar-refractivity contribution in [2.45, 2.75) is 24.7 Å². The molecule has 1 N–H and O–H groups in total. The molecule has 1 aliphatic rings. The van der Waals surface area contributed by atoms with Crippen molar-refractivity contribution in [1.82, 2.24) is 5.32 Å². The number of ether oxygens (including phenoxy) is 2. The zero-order valence-corrected chi connectivity index (χ0v) is 15.7. The molecule has 6 heteroatoms. The molecule has 2 aromatic rings. The van der Waals surface area contributed by atoms with Gasteiger partial charge in [-0.15, -0.1) is 0 Å². The van der Waals surface area contributed by atoms with E-state index in [4.69, 9.17) is 9.47 Å². The number of para-hydroxylation sites is 1. The molecule has 2 heterocycles. The highest BCUT2D eigenvalue weighted by Gasteiger charge is 2.18. The molecule has 3 rings (SSSR count). The van der Waals surface area contributed by atoms with Gasteiger partial charge in [-0.1, -0.05) is 12.1 Å². The predicted molar refractivity (Wildman–Crippen MR) is 104 cm³/mol. The van der Waals surface area contributed by atoms with Crippen molar-refractivity contribution in [3.63, 3.8) is 0 Å². The molecule has 0 bridgehead atoms. The summed E-state index contributed by atoms with van der Waals surface area (Å²) in [6.45, 7) is 1.95. The van der Waals surface area contributed by atoms with E-state index < -0.39 is 0 Å². The Hall–Kier alpha value is -1.50. The van der Waals surface area contributed by atoms with Crippen LogP contribution in [0.1, 0.15) is 28.8 Å². The van der Waals surface area contributed by atoms with Gasteiger partial charge in [-0.2, -0.15) is 23.1 Å². The Morgan fingerprint density at radius 1 is 1.36 bits per heavy atom. The maximum Gasteiger partial charge on any atom is 0.255 e. The van der Waals surface area contributed by atoms with Gasteiger partial charge in [0.1, 0.15) is 12.4 Å². The van der Waals surface area contributed by atoms with Gasteiger partial charge in [-0.05, 0) is 47.4 Å². The second-order valence-electron chi connectivity index (χ2n) is 5.88. The quantitative estimate of drug-likeness (QED) is 0.672. The first kappa shape index (κ1) is 18.3. The van der Waals surface area contributed by atoms with Crippen molar-refractivity contribution >= 4 is 29.0 Å². The van der Waals surface area contributed by atoms with Crippen molar-refractivity contribution in [2.75, 3.05) is 25.5 Å². The number of amides is 1. The van der Waals surface area contributed by atoms with E-state index in [1.807, 2.05) is 30.0 Å². The second-order valence-corrected chi connectivity index (χ2v) is 7.77. The van der Waals surface area contributed by atoms with Crippen LogP contribution in [0.3, 0.4) is 0 Å². The lowest BCUT2D eigenvalue weighted by Crippen LogP contribution is -2.27. The molecule has 1 aromatic carbocycles. The molecular weight excluding hydrogens is 354 g/mol. The van der Waals surface area contributed by atoms with Gasteiger partial charge in [0.15, 0.2) is 0 Å². The highest BCUT2D eigenvalue weighted by Crippen LogP contribution is 2.20. The van der Waals surface area contributed by atoms with Crippen molar-refractivity contribution in [1.29, 1.82) is 0 Å². The summed E-state index contributed by atoms with van der Waals surface area (Å²) in [5.41, 5.74) is 1.93. The van der Waals surface area contributed by atoms with Crippen LogP contribution in [-0.2, 0) is 10.5 Å². The molecule has 0 saturated carbocycles. The summed E-state index contributed by atoms with van der Waals surface area (Å²) in [7, 11) is 0. The third-order valence-electron chi connectivity index (χ3n) is 3.96. The fraction of sp³-hybridized carbons (Fsp3) is 0.421. The molecule has 1 unspecified atom stereocenters. The summed E-state index contributed by atoms with van der Waals surface area (Å²) in [5, 5.41) is 7.23. The van der Waals surface area contributed by atoms with E-state index in [1.54, 1.807) is 17.4 Å². The fourth-order valence-corrected chi connectivity index (χ4v) is 4.22. The van der Waals surface area contributed by atoms with E-state index in [2.05, 4.69) is 22.1 Å². The van der Waals surface area contributed by atoms with E-state index in [0.717, 1.165) is 31.0 Å². The predicted octanol–water partition coefficient (Wildman–Crippen LogP) is 3.97. The van der Waals surface area contributed by atoms with Crippen LogP contribution in [0.4, 0.5) is 0 Å². The van der Waals surface area contributed by atoms with Gasteiger partial charge < -0.3 is 14.8 Å². The largest absolute Gasteiger partial charge is 0.490 e. The molecular formula is C19H23NO3S2. The van der Waals surface area contributed by atoms with Crippen LogP contribution < -0.4 is 10.1 Å². The molecule has 1 fully saturated rings. The normalized spacial score (nSPS) is 16.7. The fourth-order valence-electron chi connectivity index (χ4n) is 2.64. The van der Waals surface area contributed by atoms with E-state index in [9.17, 15) is 4.79 Å². The topological polar surface area (TPSA) is 47.6 Å². The highest BCUT2D eigenvalue weighted by atomic mass is 32.2. The van der Waals surface area contributed by atoms with Crippen LogP contribution in [0.15, 0.2) is 41.1 Å². The summed E-state index contributed by atoms with van der Waals surface area (Å²) >= 11 is 3.54. The molecule has 1 saturated heterocycles. The second kappa shape index (κ2) is 9.85. The van der Waals surface area contributed by atoms with Crippen molar-refractivity contribution in [3.8, 4) is 5.75 Å². The van der Waals surface area contributed by atoms with Crippen molar-refractivity contribution in [2.24, 2.45) is 0 Å². The Morgan fingerprint density at radius 3 is 3.08 bits per heavy atom. The third-order valence-corrected chi connectivity index (χ3v) is 5.72. The zero-order chi connectivity index (χ0) is 17.3. The molecule has 25 heavy (non-hydrogen) atoms. The van der Waals surface area contributed by atoms with Gasteiger partial charge in [-0.3, -0.25) is 4.79 Å². The molecule has 1 aliphatic heterocycles. The van der Waals surface area contributed by atoms with E-state index in [0.29, 0.717) is 24.5 Å². The van der Waals surface area contributed by atoms with Gasteiger partial charge in [0, 0.05) is 24.7 Å². The molecule has 134 valence electrons. The van der Waals surface area contributed by atoms with Crippen LogP contribution in [0, 0.1) is 0 Å². The Balaban J connectivity index is 1.42. The molecule has 0 aliphatic carbocycles. The minimum Gasteiger partial charge on any atom is -0.490 e. The number of thiophene rings is 1. The lowest BCUT2D eigenvalue weighted by molar-refractivity contribution is 0.0671. The number of carbonyl (C=O) groups is 1. The number of nitrogens with one attached hydrogen (secondary N) is 1. The SMILES string of the molecule is O=C(NCCSCc1ccsc1)c1ccccc1OCC1CCCO1. The number of thioether (sulfide) groups is 1. The first-order chi connectivity index (χ1) is 12.3. The van der Waals surface area contributed by atoms with Crippen LogP contribution in [0.2, 0.25) is 0 Å². The van der Waals surface area contributed by atoms with Crippen molar-refractivity contribution < 1.29 is 14.3 Å². The Morgan fingerprint density at radius 2 is 2.28 bits per heavy atom.